The van der Waals surface area contributed by atoms with Crippen LogP contribution in [0.2, 0.25) is 0 Å². The SMILES string of the molecule is C=C(C)CC(C)(C)C#CC(C)CC(C)(C)CC(N)C(C)C. The van der Waals surface area contributed by atoms with Gasteiger partial charge in [-0.25, -0.2) is 0 Å². The third kappa shape index (κ3) is 9.75. The molecule has 1 heteroatoms. The highest BCUT2D eigenvalue weighted by Crippen LogP contribution is 2.32. The molecule has 0 radical (unpaired) electrons. The van der Waals surface area contributed by atoms with Crippen LogP contribution in [0, 0.1) is 34.5 Å². The molecule has 0 amide bonds. The van der Waals surface area contributed by atoms with Crippen LogP contribution < -0.4 is 5.73 Å². The maximum atomic E-state index is 6.23. The van der Waals surface area contributed by atoms with Gasteiger partial charge in [0, 0.05) is 17.4 Å². The van der Waals surface area contributed by atoms with Crippen LogP contribution in [-0.2, 0) is 0 Å². The summed E-state index contributed by atoms with van der Waals surface area (Å²) in [6.45, 7) is 21.7. The Morgan fingerprint density at radius 1 is 1.10 bits per heavy atom. The largest absolute Gasteiger partial charge is 0.327 e. The van der Waals surface area contributed by atoms with Gasteiger partial charge >= 0.3 is 0 Å². The predicted octanol–water partition coefficient (Wildman–Crippen LogP) is 5.41. The fraction of sp³-hybridized carbons (Fsp3) is 0.800. The lowest BCUT2D eigenvalue weighted by atomic mass is 9.76. The van der Waals surface area contributed by atoms with Gasteiger partial charge in [-0.15, -0.1) is 6.58 Å². The van der Waals surface area contributed by atoms with Crippen LogP contribution in [0.3, 0.4) is 0 Å². The molecule has 0 aromatic heterocycles. The van der Waals surface area contributed by atoms with E-state index in [1.54, 1.807) is 0 Å². The van der Waals surface area contributed by atoms with Crippen LogP contribution in [0.25, 0.3) is 0 Å². The first-order valence-corrected chi connectivity index (χ1v) is 8.27. The summed E-state index contributed by atoms with van der Waals surface area (Å²) >= 11 is 0. The van der Waals surface area contributed by atoms with E-state index in [0.717, 1.165) is 19.3 Å². The maximum Gasteiger partial charge on any atom is 0.0295 e. The average Bonchev–Trinajstić information content (AvgIpc) is 2.23. The lowest BCUT2D eigenvalue weighted by molar-refractivity contribution is 0.238. The Morgan fingerprint density at radius 2 is 1.62 bits per heavy atom. The lowest BCUT2D eigenvalue weighted by Gasteiger charge is -2.31. The Bertz CT molecular complexity index is 390. The fourth-order valence-corrected chi connectivity index (χ4v) is 2.95. The van der Waals surface area contributed by atoms with Crippen LogP contribution in [0.5, 0.6) is 0 Å². The molecule has 0 aliphatic rings. The van der Waals surface area contributed by atoms with E-state index in [1.807, 2.05) is 0 Å². The molecule has 0 aliphatic heterocycles. The zero-order valence-corrected chi connectivity index (χ0v) is 15.6. The van der Waals surface area contributed by atoms with Gasteiger partial charge in [0.15, 0.2) is 0 Å². The van der Waals surface area contributed by atoms with Crippen LogP contribution in [-0.4, -0.2) is 6.04 Å². The van der Waals surface area contributed by atoms with Crippen LogP contribution in [0.1, 0.15) is 74.7 Å². The first kappa shape index (κ1) is 20.3. The minimum Gasteiger partial charge on any atom is -0.327 e. The van der Waals surface area contributed by atoms with Gasteiger partial charge in [0.2, 0.25) is 0 Å². The molecule has 0 heterocycles. The van der Waals surface area contributed by atoms with Gasteiger partial charge < -0.3 is 5.73 Å². The summed E-state index contributed by atoms with van der Waals surface area (Å²) < 4.78 is 0. The maximum absolute atomic E-state index is 6.23. The molecule has 0 fully saturated rings. The summed E-state index contributed by atoms with van der Waals surface area (Å²) in [5.74, 6) is 7.85. The Labute approximate surface area is 133 Å². The summed E-state index contributed by atoms with van der Waals surface area (Å²) in [6, 6.07) is 0.278. The number of allylic oxidation sites excluding steroid dienone is 1. The van der Waals surface area contributed by atoms with E-state index in [2.05, 4.69) is 73.8 Å². The third-order valence-electron chi connectivity index (χ3n) is 3.90. The molecule has 2 N–H and O–H groups in total. The van der Waals surface area contributed by atoms with Crippen molar-refractivity contribution in [2.24, 2.45) is 28.4 Å². The van der Waals surface area contributed by atoms with E-state index in [0.29, 0.717) is 11.8 Å². The van der Waals surface area contributed by atoms with Crippen molar-refractivity contribution < 1.29 is 0 Å². The van der Waals surface area contributed by atoms with E-state index in [-0.39, 0.29) is 16.9 Å². The molecule has 2 unspecified atom stereocenters. The molecule has 0 saturated heterocycles. The zero-order chi connectivity index (χ0) is 16.8. The molecule has 0 bridgehead atoms. The highest BCUT2D eigenvalue weighted by Gasteiger charge is 2.25. The average molecular weight is 292 g/mol. The van der Waals surface area contributed by atoms with Crippen molar-refractivity contribution >= 4 is 0 Å². The highest BCUT2D eigenvalue weighted by atomic mass is 14.6. The van der Waals surface area contributed by atoms with E-state index in [9.17, 15) is 0 Å². The molecule has 2 atom stereocenters. The van der Waals surface area contributed by atoms with Gasteiger partial charge in [-0.1, -0.05) is 52.0 Å². The van der Waals surface area contributed by atoms with Crippen molar-refractivity contribution in [1.29, 1.82) is 0 Å². The summed E-state index contributed by atoms with van der Waals surface area (Å²) in [5.41, 5.74) is 7.70. The Hall–Kier alpha value is -0.740. The number of rotatable bonds is 7. The molecule has 1 nitrogen and oxygen atoms in total. The van der Waals surface area contributed by atoms with Gasteiger partial charge in [0.25, 0.3) is 0 Å². The van der Waals surface area contributed by atoms with Crippen molar-refractivity contribution in [3.63, 3.8) is 0 Å². The third-order valence-corrected chi connectivity index (χ3v) is 3.90. The standard InChI is InChI=1S/C20H37N/c1-15(2)12-19(6,7)11-10-17(5)13-20(8,9)14-18(21)16(3)4/h16-18H,1,12-14,21H2,2-9H3. The van der Waals surface area contributed by atoms with Gasteiger partial charge in [-0.05, 0) is 51.4 Å². The van der Waals surface area contributed by atoms with Gasteiger partial charge in [-0.3, -0.25) is 0 Å². The topological polar surface area (TPSA) is 26.0 Å². The summed E-state index contributed by atoms with van der Waals surface area (Å²) in [4.78, 5) is 0. The molecule has 0 aromatic carbocycles. The zero-order valence-electron chi connectivity index (χ0n) is 15.6. The Morgan fingerprint density at radius 3 is 2.05 bits per heavy atom. The van der Waals surface area contributed by atoms with Gasteiger partial charge in [-0.2, -0.15) is 0 Å². The van der Waals surface area contributed by atoms with Gasteiger partial charge in [0.05, 0.1) is 0 Å². The minimum atomic E-state index is 0.0264. The van der Waals surface area contributed by atoms with Crippen molar-refractivity contribution in [3.8, 4) is 11.8 Å². The van der Waals surface area contributed by atoms with Crippen molar-refractivity contribution in [1.82, 2.24) is 0 Å². The van der Waals surface area contributed by atoms with E-state index >= 15 is 0 Å². The lowest BCUT2D eigenvalue weighted by Crippen LogP contribution is -2.33. The molecule has 0 rings (SSSR count). The monoisotopic (exact) mass is 291 g/mol. The molecule has 0 aliphatic carbocycles. The summed E-state index contributed by atoms with van der Waals surface area (Å²) in [6.07, 6.45) is 3.13. The first-order valence-electron chi connectivity index (χ1n) is 8.27. The second kappa shape index (κ2) is 8.04. The Kier molecular flexibility index (Phi) is 7.76. The highest BCUT2D eigenvalue weighted by molar-refractivity contribution is 5.14. The van der Waals surface area contributed by atoms with Crippen molar-refractivity contribution in [2.45, 2.75) is 80.7 Å². The molecular weight excluding hydrogens is 254 g/mol. The quantitative estimate of drug-likeness (QED) is 0.492. The second-order valence-corrected chi connectivity index (χ2v) is 8.67. The normalized spacial score (nSPS) is 15.3. The van der Waals surface area contributed by atoms with Crippen LogP contribution >= 0.6 is 0 Å². The number of hydrogen-bond acceptors (Lipinski definition) is 1. The van der Waals surface area contributed by atoms with Crippen LogP contribution in [0.15, 0.2) is 12.2 Å². The molecule has 0 saturated carbocycles. The van der Waals surface area contributed by atoms with E-state index in [4.69, 9.17) is 5.73 Å². The number of hydrogen-bond donors (Lipinski definition) is 1. The van der Waals surface area contributed by atoms with E-state index < -0.39 is 0 Å². The summed E-state index contributed by atoms with van der Waals surface area (Å²) in [5, 5.41) is 0. The Balaban J connectivity index is 4.62. The predicted molar refractivity (Wildman–Crippen MR) is 96.0 cm³/mol. The van der Waals surface area contributed by atoms with Crippen molar-refractivity contribution in [3.05, 3.63) is 12.2 Å². The number of nitrogens with two attached hydrogens (primary N) is 1. The second-order valence-electron chi connectivity index (χ2n) is 8.67. The van der Waals surface area contributed by atoms with Crippen LogP contribution in [0.4, 0.5) is 0 Å². The molecular formula is C20H37N. The van der Waals surface area contributed by atoms with Crippen molar-refractivity contribution in [2.75, 3.05) is 0 Å². The smallest absolute Gasteiger partial charge is 0.0295 e. The molecule has 0 spiro atoms. The molecule has 21 heavy (non-hydrogen) atoms. The first-order chi connectivity index (χ1) is 9.34. The fourth-order valence-electron chi connectivity index (χ4n) is 2.95. The summed E-state index contributed by atoms with van der Waals surface area (Å²) in [7, 11) is 0. The molecule has 122 valence electrons. The van der Waals surface area contributed by atoms with E-state index in [1.165, 1.54) is 5.57 Å². The molecule has 0 aromatic rings. The van der Waals surface area contributed by atoms with Gasteiger partial charge in [0.1, 0.15) is 0 Å². The minimum absolute atomic E-state index is 0.0264.